The molecule has 2 aromatic heterocycles. The first-order valence-electron chi connectivity index (χ1n) is 8.07. The molecule has 0 spiro atoms. The number of amides is 1. The molecule has 0 aliphatic rings. The quantitative estimate of drug-likeness (QED) is 0.650. The molecule has 1 N–H and O–H groups in total. The van der Waals surface area contributed by atoms with Crippen molar-refractivity contribution in [1.82, 2.24) is 14.8 Å². The summed E-state index contributed by atoms with van der Waals surface area (Å²) in [6, 6.07) is 12.8. The Kier molecular flexibility index (Phi) is 5.71. The van der Waals surface area contributed by atoms with Crippen molar-refractivity contribution in [1.29, 1.82) is 5.26 Å². The number of carbonyl (C=O) groups excluding carboxylic acids is 1. The van der Waals surface area contributed by atoms with E-state index in [1.165, 1.54) is 11.8 Å². The van der Waals surface area contributed by atoms with Crippen LogP contribution in [0.15, 0.2) is 46.9 Å². The predicted molar refractivity (Wildman–Crippen MR) is 104 cm³/mol. The van der Waals surface area contributed by atoms with Gasteiger partial charge in [-0.1, -0.05) is 17.8 Å². The van der Waals surface area contributed by atoms with Crippen molar-refractivity contribution in [2.75, 3.05) is 5.32 Å². The zero-order valence-electron chi connectivity index (χ0n) is 14.3. The number of thioether (sulfide) groups is 1. The summed E-state index contributed by atoms with van der Waals surface area (Å²) in [5.74, 6) is 0.702. The van der Waals surface area contributed by atoms with Crippen molar-refractivity contribution < 1.29 is 4.79 Å². The van der Waals surface area contributed by atoms with E-state index in [1.54, 1.807) is 35.6 Å². The van der Waals surface area contributed by atoms with Gasteiger partial charge in [-0.3, -0.25) is 4.79 Å². The molecule has 1 aromatic carbocycles. The molecule has 0 radical (unpaired) electrons. The monoisotopic (exact) mass is 383 g/mol. The van der Waals surface area contributed by atoms with Gasteiger partial charge in [-0.2, -0.15) is 5.26 Å². The molecule has 2 heterocycles. The Hall–Kier alpha value is -2.63. The van der Waals surface area contributed by atoms with Crippen molar-refractivity contribution >= 4 is 34.7 Å². The highest BCUT2D eigenvalue weighted by Gasteiger charge is 2.20. The van der Waals surface area contributed by atoms with Crippen LogP contribution in [0.3, 0.4) is 0 Å². The number of nitrogens with zero attached hydrogens (tertiary/aromatic N) is 4. The Balaban J connectivity index is 1.70. The maximum atomic E-state index is 12.5. The number of thiophene rings is 1. The topological polar surface area (TPSA) is 83.6 Å². The Labute approximate surface area is 159 Å². The molecule has 132 valence electrons. The third-order valence-electron chi connectivity index (χ3n) is 3.71. The molecule has 1 atom stereocenters. The Morgan fingerprint density at radius 3 is 2.73 bits per heavy atom. The van der Waals surface area contributed by atoms with Gasteiger partial charge < -0.3 is 9.88 Å². The highest BCUT2D eigenvalue weighted by atomic mass is 32.2. The standard InChI is InChI=1S/C18H17N5OS2/c1-3-23-16(15-5-4-10-25-15)21-22-18(23)26-12(2)17(24)20-14-8-6-13(11-19)7-9-14/h4-10,12H,3H2,1-2H3,(H,20,24). The first kappa shape index (κ1) is 18.2. The fourth-order valence-electron chi connectivity index (χ4n) is 2.33. The van der Waals surface area contributed by atoms with Gasteiger partial charge >= 0.3 is 0 Å². The van der Waals surface area contributed by atoms with Crippen LogP contribution in [0.2, 0.25) is 0 Å². The normalized spacial score (nSPS) is 11.7. The average Bonchev–Trinajstić information content (AvgIpc) is 3.31. The molecule has 3 rings (SSSR count). The molecule has 3 aromatic rings. The Morgan fingerprint density at radius 2 is 2.12 bits per heavy atom. The molecule has 1 amide bonds. The number of hydrogen-bond donors (Lipinski definition) is 1. The summed E-state index contributed by atoms with van der Waals surface area (Å²) in [6.45, 7) is 4.60. The van der Waals surface area contributed by atoms with Crippen LogP contribution in [0.5, 0.6) is 0 Å². The maximum Gasteiger partial charge on any atom is 0.237 e. The molecular weight excluding hydrogens is 366 g/mol. The van der Waals surface area contributed by atoms with E-state index in [-0.39, 0.29) is 11.2 Å². The maximum absolute atomic E-state index is 12.5. The minimum atomic E-state index is -0.337. The number of rotatable bonds is 6. The summed E-state index contributed by atoms with van der Waals surface area (Å²) in [5, 5.41) is 22.6. The van der Waals surface area contributed by atoms with Gasteiger partial charge in [-0.15, -0.1) is 21.5 Å². The van der Waals surface area contributed by atoms with Crippen molar-refractivity contribution in [3.8, 4) is 16.8 Å². The largest absolute Gasteiger partial charge is 0.325 e. The zero-order chi connectivity index (χ0) is 18.5. The van der Waals surface area contributed by atoms with E-state index >= 15 is 0 Å². The van der Waals surface area contributed by atoms with Crippen LogP contribution in [-0.4, -0.2) is 25.9 Å². The predicted octanol–water partition coefficient (Wildman–Crippen LogP) is 4.02. The Morgan fingerprint density at radius 1 is 1.35 bits per heavy atom. The lowest BCUT2D eigenvalue weighted by atomic mass is 10.2. The smallest absolute Gasteiger partial charge is 0.237 e. The second-order valence-corrected chi connectivity index (χ2v) is 7.72. The molecule has 26 heavy (non-hydrogen) atoms. The molecular formula is C18H17N5OS2. The van der Waals surface area contributed by atoms with Crippen LogP contribution in [0.25, 0.3) is 10.7 Å². The Bertz CT molecular complexity index is 926. The first-order valence-corrected chi connectivity index (χ1v) is 9.83. The molecule has 1 unspecified atom stereocenters. The van der Waals surface area contributed by atoms with E-state index in [9.17, 15) is 4.79 Å². The SMILES string of the molecule is CCn1c(SC(C)C(=O)Nc2ccc(C#N)cc2)nnc1-c1cccs1. The third-order valence-corrected chi connectivity index (χ3v) is 5.65. The fourth-order valence-corrected chi connectivity index (χ4v) is 3.96. The summed E-state index contributed by atoms with van der Waals surface area (Å²) in [4.78, 5) is 13.5. The lowest BCUT2D eigenvalue weighted by Crippen LogP contribution is -2.22. The molecule has 8 heteroatoms. The van der Waals surface area contributed by atoms with E-state index in [0.717, 1.165) is 22.4 Å². The third kappa shape index (κ3) is 3.95. The van der Waals surface area contributed by atoms with Crippen LogP contribution < -0.4 is 5.32 Å². The van der Waals surface area contributed by atoms with Gasteiger partial charge in [0, 0.05) is 12.2 Å². The van der Waals surface area contributed by atoms with Crippen molar-refractivity contribution in [3.05, 3.63) is 47.3 Å². The average molecular weight is 384 g/mol. The van der Waals surface area contributed by atoms with E-state index in [4.69, 9.17) is 5.26 Å². The second-order valence-electron chi connectivity index (χ2n) is 5.47. The van der Waals surface area contributed by atoms with Gasteiger partial charge in [0.15, 0.2) is 11.0 Å². The number of nitriles is 1. The lowest BCUT2D eigenvalue weighted by Gasteiger charge is -2.12. The summed E-state index contributed by atoms with van der Waals surface area (Å²) in [6.07, 6.45) is 0. The van der Waals surface area contributed by atoms with Crippen molar-refractivity contribution in [3.63, 3.8) is 0 Å². The summed E-state index contributed by atoms with van der Waals surface area (Å²) in [7, 11) is 0. The number of hydrogen-bond acceptors (Lipinski definition) is 6. The minimum absolute atomic E-state index is 0.122. The highest BCUT2D eigenvalue weighted by Crippen LogP contribution is 2.29. The van der Waals surface area contributed by atoms with Gasteiger partial charge in [-0.25, -0.2) is 0 Å². The van der Waals surface area contributed by atoms with Crippen LogP contribution in [-0.2, 0) is 11.3 Å². The number of carbonyl (C=O) groups is 1. The second kappa shape index (κ2) is 8.17. The number of anilines is 1. The molecule has 0 saturated heterocycles. The van der Waals surface area contributed by atoms with Gasteiger partial charge in [0.25, 0.3) is 0 Å². The number of aromatic nitrogens is 3. The van der Waals surface area contributed by atoms with E-state index in [0.29, 0.717) is 11.3 Å². The van der Waals surface area contributed by atoms with Crippen molar-refractivity contribution in [2.24, 2.45) is 0 Å². The van der Waals surface area contributed by atoms with Crippen LogP contribution in [0, 0.1) is 11.3 Å². The van der Waals surface area contributed by atoms with Crippen molar-refractivity contribution in [2.45, 2.75) is 30.8 Å². The van der Waals surface area contributed by atoms with Crippen LogP contribution >= 0.6 is 23.1 Å². The zero-order valence-corrected chi connectivity index (χ0v) is 16.0. The fraction of sp³-hybridized carbons (Fsp3) is 0.222. The molecule has 0 aliphatic carbocycles. The molecule has 0 saturated carbocycles. The van der Waals surface area contributed by atoms with Gasteiger partial charge in [-0.05, 0) is 49.6 Å². The van der Waals surface area contributed by atoms with E-state index in [1.807, 2.05) is 35.9 Å². The molecule has 0 aliphatic heterocycles. The summed E-state index contributed by atoms with van der Waals surface area (Å²) < 4.78 is 2.02. The van der Waals surface area contributed by atoms with Gasteiger partial charge in [0.2, 0.25) is 5.91 Å². The van der Waals surface area contributed by atoms with E-state index < -0.39 is 0 Å². The summed E-state index contributed by atoms with van der Waals surface area (Å²) in [5.41, 5.74) is 1.22. The first-order chi connectivity index (χ1) is 12.6. The number of nitrogens with one attached hydrogen (secondary N) is 1. The molecule has 0 fully saturated rings. The minimum Gasteiger partial charge on any atom is -0.325 e. The van der Waals surface area contributed by atoms with Crippen LogP contribution in [0.1, 0.15) is 19.4 Å². The number of benzene rings is 1. The van der Waals surface area contributed by atoms with Crippen LogP contribution in [0.4, 0.5) is 5.69 Å². The van der Waals surface area contributed by atoms with Gasteiger partial charge in [0.05, 0.1) is 21.8 Å². The summed E-state index contributed by atoms with van der Waals surface area (Å²) >= 11 is 2.99. The molecule has 0 bridgehead atoms. The lowest BCUT2D eigenvalue weighted by molar-refractivity contribution is -0.115. The molecule has 6 nitrogen and oxygen atoms in total. The van der Waals surface area contributed by atoms with Gasteiger partial charge in [0.1, 0.15) is 0 Å². The van der Waals surface area contributed by atoms with E-state index in [2.05, 4.69) is 21.6 Å². The highest BCUT2D eigenvalue weighted by molar-refractivity contribution is 8.00.